The summed E-state index contributed by atoms with van der Waals surface area (Å²) in [5.41, 5.74) is 2.65. The number of rotatable bonds is 3. The highest BCUT2D eigenvalue weighted by Crippen LogP contribution is 2.30. The van der Waals surface area contributed by atoms with E-state index in [2.05, 4.69) is 43.4 Å². The standard InChI is InChI=1S/C14H19NO/c1-3-10-5-7-11(8-6-10)12-9-14(16)15-13(12)4-2/h5-8,12-13H,3-4,9H2,1-2H3,(H,15,16). The second-order valence-corrected chi connectivity index (χ2v) is 4.49. The molecule has 2 heteroatoms. The Morgan fingerprint density at radius 2 is 1.94 bits per heavy atom. The molecule has 2 unspecified atom stereocenters. The van der Waals surface area contributed by atoms with Crippen LogP contribution in [0.1, 0.15) is 43.7 Å². The van der Waals surface area contributed by atoms with E-state index < -0.39 is 0 Å². The molecule has 0 saturated carbocycles. The highest BCUT2D eigenvalue weighted by atomic mass is 16.2. The van der Waals surface area contributed by atoms with Crippen LogP contribution in [0.4, 0.5) is 0 Å². The molecule has 1 aromatic rings. The van der Waals surface area contributed by atoms with Crippen LogP contribution in [0.2, 0.25) is 0 Å². The minimum absolute atomic E-state index is 0.191. The maximum absolute atomic E-state index is 11.4. The Balaban J connectivity index is 2.19. The molecule has 0 aromatic heterocycles. The van der Waals surface area contributed by atoms with Crippen LogP contribution in [0.5, 0.6) is 0 Å². The Bertz CT molecular complexity index is 369. The van der Waals surface area contributed by atoms with Gasteiger partial charge in [-0.05, 0) is 24.0 Å². The molecular formula is C14H19NO. The Morgan fingerprint density at radius 1 is 1.25 bits per heavy atom. The third kappa shape index (κ3) is 2.11. The molecule has 0 aliphatic carbocycles. The zero-order chi connectivity index (χ0) is 11.5. The van der Waals surface area contributed by atoms with Crippen LogP contribution < -0.4 is 5.32 Å². The summed E-state index contributed by atoms with van der Waals surface area (Å²) >= 11 is 0. The van der Waals surface area contributed by atoms with Crippen molar-refractivity contribution >= 4 is 5.91 Å². The summed E-state index contributed by atoms with van der Waals surface area (Å²) in [6.45, 7) is 4.29. The van der Waals surface area contributed by atoms with Crippen LogP contribution in [0, 0.1) is 0 Å². The van der Waals surface area contributed by atoms with Crippen LogP contribution in [0.3, 0.4) is 0 Å². The van der Waals surface area contributed by atoms with Gasteiger partial charge in [-0.15, -0.1) is 0 Å². The minimum atomic E-state index is 0.191. The van der Waals surface area contributed by atoms with Crippen molar-refractivity contribution in [2.45, 2.75) is 45.1 Å². The summed E-state index contributed by atoms with van der Waals surface area (Å²) in [5.74, 6) is 0.555. The number of nitrogens with one attached hydrogen (secondary N) is 1. The molecule has 86 valence electrons. The highest BCUT2D eigenvalue weighted by molar-refractivity contribution is 5.80. The molecule has 2 rings (SSSR count). The van der Waals surface area contributed by atoms with Gasteiger partial charge in [0.15, 0.2) is 0 Å². The molecule has 1 aliphatic heterocycles. The zero-order valence-corrected chi connectivity index (χ0v) is 9.99. The van der Waals surface area contributed by atoms with Crippen LogP contribution in [-0.4, -0.2) is 11.9 Å². The number of aryl methyl sites for hydroxylation is 1. The molecule has 1 aliphatic rings. The molecule has 2 nitrogen and oxygen atoms in total. The first-order valence-electron chi connectivity index (χ1n) is 6.12. The van der Waals surface area contributed by atoms with Crippen LogP contribution in [0.15, 0.2) is 24.3 Å². The molecule has 1 amide bonds. The highest BCUT2D eigenvalue weighted by Gasteiger charge is 2.31. The Labute approximate surface area is 97.1 Å². The monoisotopic (exact) mass is 217 g/mol. The number of hydrogen-bond donors (Lipinski definition) is 1. The lowest BCUT2D eigenvalue weighted by Crippen LogP contribution is -2.27. The van der Waals surface area contributed by atoms with Crippen LogP contribution in [0.25, 0.3) is 0 Å². The fourth-order valence-electron chi connectivity index (χ4n) is 2.45. The van der Waals surface area contributed by atoms with E-state index in [1.54, 1.807) is 0 Å². The van der Waals surface area contributed by atoms with E-state index in [9.17, 15) is 4.79 Å². The van der Waals surface area contributed by atoms with Crippen molar-refractivity contribution in [1.29, 1.82) is 0 Å². The second-order valence-electron chi connectivity index (χ2n) is 4.49. The van der Waals surface area contributed by atoms with Gasteiger partial charge in [-0.2, -0.15) is 0 Å². The number of amides is 1. The number of carbonyl (C=O) groups excluding carboxylic acids is 1. The second kappa shape index (κ2) is 4.69. The molecule has 16 heavy (non-hydrogen) atoms. The van der Waals surface area contributed by atoms with Gasteiger partial charge in [0, 0.05) is 18.4 Å². The van der Waals surface area contributed by atoms with Crippen molar-refractivity contribution in [2.75, 3.05) is 0 Å². The summed E-state index contributed by atoms with van der Waals surface area (Å²) in [7, 11) is 0. The first-order chi connectivity index (χ1) is 7.74. The van der Waals surface area contributed by atoms with E-state index in [1.165, 1.54) is 11.1 Å². The normalized spacial score (nSPS) is 24.5. The maximum Gasteiger partial charge on any atom is 0.220 e. The molecular weight excluding hydrogens is 198 g/mol. The average Bonchev–Trinajstić information content (AvgIpc) is 2.70. The smallest absolute Gasteiger partial charge is 0.220 e. The van der Waals surface area contributed by atoms with E-state index in [0.717, 1.165) is 12.8 Å². The molecule has 1 heterocycles. The molecule has 1 aromatic carbocycles. The van der Waals surface area contributed by atoms with Gasteiger partial charge in [0.1, 0.15) is 0 Å². The SMILES string of the molecule is CCc1ccc(C2CC(=O)NC2CC)cc1. The molecule has 2 atom stereocenters. The van der Waals surface area contributed by atoms with Crippen molar-refractivity contribution in [3.8, 4) is 0 Å². The van der Waals surface area contributed by atoms with E-state index in [4.69, 9.17) is 0 Å². The first-order valence-corrected chi connectivity index (χ1v) is 6.12. The lowest BCUT2D eigenvalue weighted by Gasteiger charge is -2.17. The zero-order valence-electron chi connectivity index (χ0n) is 9.99. The lowest BCUT2D eigenvalue weighted by atomic mass is 9.90. The maximum atomic E-state index is 11.4. The summed E-state index contributed by atoms with van der Waals surface area (Å²) in [5, 5.41) is 3.04. The molecule has 0 bridgehead atoms. The van der Waals surface area contributed by atoms with Gasteiger partial charge in [0.2, 0.25) is 5.91 Å². The average molecular weight is 217 g/mol. The van der Waals surface area contributed by atoms with Crippen LogP contribution in [-0.2, 0) is 11.2 Å². The number of hydrogen-bond acceptors (Lipinski definition) is 1. The van der Waals surface area contributed by atoms with Crippen LogP contribution >= 0.6 is 0 Å². The Hall–Kier alpha value is -1.31. The van der Waals surface area contributed by atoms with Crippen molar-refractivity contribution in [2.24, 2.45) is 0 Å². The van der Waals surface area contributed by atoms with Gasteiger partial charge < -0.3 is 5.32 Å². The topological polar surface area (TPSA) is 29.1 Å². The third-order valence-corrected chi connectivity index (χ3v) is 3.49. The van der Waals surface area contributed by atoms with Gasteiger partial charge >= 0.3 is 0 Å². The van der Waals surface area contributed by atoms with Gasteiger partial charge in [-0.25, -0.2) is 0 Å². The molecule has 0 radical (unpaired) electrons. The molecule has 0 spiro atoms. The van der Waals surface area contributed by atoms with Gasteiger partial charge in [0.05, 0.1) is 0 Å². The van der Waals surface area contributed by atoms with Crippen molar-refractivity contribution < 1.29 is 4.79 Å². The van der Waals surface area contributed by atoms with E-state index >= 15 is 0 Å². The van der Waals surface area contributed by atoms with E-state index in [1.807, 2.05) is 0 Å². The fourth-order valence-corrected chi connectivity index (χ4v) is 2.45. The predicted molar refractivity (Wildman–Crippen MR) is 65.4 cm³/mol. The number of benzene rings is 1. The first kappa shape index (κ1) is 11.2. The summed E-state index contributed by atoms with van der Waals surface area (Å²) in [6.07, 6.45) is 2.72. The van der Waals surface area contributed by atoms with Crippen molar-refractivity contribution in [1.82, 2.24) is 5.32 Å². The largest absolute Gasteiger partial charge is 0.353 e. The van der Waals surface area contributed by atoms with Crippen molar-refractivity contribution in [3.63, 3.8) is 0 Å². The van der Waals surface area contributed by atoms with Gasteiger partial charge in [0.25, 0.3) is 0 Å². The molecule has 1 saturated heterocycles. The van der Waals surface area contributed by atoms with Crippen molar-refractivity contribution in [3.05, 3.63) is 35.4 Å². The third-order valence-electron chi connectivity index (χ3n) is 3.49. The van der Waals surface area contributed by atoms with E-state index in [0.29, 0.717) is 18.4 Å². The minimum Gasteiger partial charge on any atom is -0.353 e. The predicted octanol–water partition coefficient (Wildman–Crippen LogP) is 2.63. The fraction of sp³-hybridized carbons (Fsp3) is 0.500. The Morgan fingerprint density at radius 3 is 2.50 bits per heavy atom. The molecule has 1 fully saturated rings. The molecule has 1 N–H and O–H groups in total. The summed E-state index contributed by atoms with van der Waals surface area (Å²) in [4.78, 5) is 11.4. The summed E-state index contributed by atoms with van der Waals surface area (Å²) < 4.78 is 0. The van der Waals surface area contributed by atoms with Gasteiger partial charge in [-0.1, -0.05) is 38.1 Å². The lowest BCUT2D eigenvalue weighted by molar-refractivity contribution is -0.119. The van der Waals surface area contributed by atoms with E-state index in [-0.39, 0.29) is 5.91 Å². The summed E-state index contributed by atoms with van der Waals surface area (Å²) in [6, 6.07) is 9.01. The number of carbonyl (C=O) groups is 1. The van der Waals surface area contributed by atoms with Gasteiger partial charge in [-0.3, -0.25) is 4.79 Å². The Kier molecular flexibility index (Phi) is 3.28. The quantitative estimate of drug-likeness (QED) is 0.828.